The normalized spacial score (nSPS) is 29.4. The maximum atomic E-state index is 9.90. The third-order valence-electron chi connectivity index (χ3n) is 3.41. The van der Waals surface area contributed by atoms with Crippen LogP contribution in [0.25, 0.3) is 0 Å². The first-order valence-corrected chi connectivity index (χ1v) is 6.40. The van der Waals surface area contributed by atoms with E-state index in [0.29, 0.717) is 6.04 Å². The number of hydrogen-bond donors (Lipinski definition) is 1. The molecule has 1 aliphatic heterocycles. The average Bonchev–Trinajstić information content (AvgIpc) is 2.08. The van der Waals surface area contributed by atoms with E-state index < -0.39 is 5.60 Å². The molecule has 2 heteroatoms. The minimum absolute atomic E-state index is 0.553. The number of rotatable bonds is 4. The van der Waals surface area contributed by atoms with Gasteiger partial charge in [0.05, 0.1) is 5.60 Å². The maximum Gasteiger partial charge on any atom is 0.0718 e. The number of likely N-dealkylation sites (tertiary alicyclic amines) is 1. The van der Waals surface area contributed by atoms with Crippen molar-refractivity contribution >= 4 is 0 Å². The molecule has 0 saturated carbocycles. The van der Waals surface area contributed by atoms with Gasteiger partial charge in [0.15, 0.2) is 0 Å². The Bertz CT molecular complexity index is 185. The Kier molecular flexibility index (Phi) is 4.60. The first kappa shape index (κ1) is 13.0. The van der Waals surface area contributed by atoms with Gasteiger partial charge in [0.1, 0.15) is 0 Å². The highest BCUT2D eigenvalue weighted by atomic mass is 16.3. The summed E-state index contributed by atoms with van der Waals surface area (Å²) in [6.45, 7) is 10.4. The number of hydrogen-bond acceptors (Lipinski definition) is 2. The highest BCUT2D eigenvalue weighted by Crippen LogP contribution is 2.27. The Labute approximate surface area is 94.7 Å². The van der Waals surface area contributed by atoms with Crippen LogP contribution in [0.5, 0.6) is 0 Å². The maximum absolute atomic E-state index is 9.90. The summed E-state index contributed by atoms with van der Waals surface area (Å²) in [5, 5.41) is 9.90. The van der Waals surface area contributed by atoms with Gasteiger partial charge in [-0.25, -0.2) is 0 Å². The first-order chi connectivity index (χ1) is 6.94. The zero-order valence-electron chi connectivity index (χ0n) is 10.8. The van der Waals surface area contributed by atoms with E-state index in [-0.39, 0.29) is 0 Å². The fourth-order valence-corrected chi connectivity index (χ4v) is 2.79. The molecule has 90 valence electrons. The largest absolute Gasteiger partial charge is 0.389 e. The standard InChI is InChI=1S/C13H27NO/c1-5-7-12-11(2)8-6-9-14(12)10-13(3,4)15/h11-12,15H,5-10H2,1-4H3. The van der Waals surface area contributed by atoms with E-state index >= 15 is 0 Å². The van der Waals surface area contributed by atoms with Crippen molar-refractivity contribution in [3.63, 3.8) is 0 Å². The second-order valence-electron chi connectivity index (χ2n) is 5.76. The van der Waals surface area contributed by atoms with Gasteiger partial charge in [0, 0.05) is 12.6 Å². The third-order valence-corrected chi connectivity index (χ3v) is 3.41. The van der Waals surface area contributed by atoms with E-state index in [2.05, 4.69) is 18.7 Å². The lowest BCUT2D eigenvalue weighted by atomic mass is 9.87. The Morgan fingerprint density at radius 2 is 2.07 bits per heavy atom. The quantitative estimate of drug-likeness (QED) is 0.776. The number of nitrogens with zero attached hydrogens (tertiary/aromatic N) is 1. The van der Waals surface area contributed by atoms with Gasteiger partial charge in [-0.1, -0.05) is 20.3 Å². The van der Waals surface area contributed by atoms with E-state index in [4.69, 9.17) is 0 Å². The van der Waals surface area contributed by atoms with E-state index in [0.717, 1.165) is 12.5 Å². The molecule has 0 aromatic carbocycles. The van der Waals surface area contributed by atoms with Crippen molar-refractivity contribution in [2.45, 2.75) is 65.0 Å². The average molecular weight is 213 g/mol. The summed E-state index contributed by atoms with van der Waals surface area (Å²) in [6, 6.07) is 0.690. The van der Waals surface area contributed by atoms with Crippen molar-refractivity contribution in [2.24, 2.45) is 5.92 Å². The zero-order chi connectivity index (χ0) is 11.5. The third kappa shape index (κ3) is 4.12. The molecule has 1 fully saturated rings. The second kappa shape index (κ2) is 5.31. The van der Waals surface area contributed by atoms with Crippen molar-refractivity contribution in [1.82, 2.24) is 4.90 Å². The topological polar surface area (TPSA) is 23.5 Å². The minimum atomic E-state index is -0.553. The summed E-state index contributed by atoms with van der Waals surface area (Å²) in [7, 11) is 0. The molecule has 1 saturated heterocycles. The lowest BCUT2D eigenvalue weighted by molar-refractivity contribution is -0.00563. The molecule has 1 rings (SSSR count). The van der Waals surface area contributed by atoms with Gasteiger partial charge in [0.25, 0.3) is 0 Å². The van der Waals surface area contributed by atoms with Crippen LogP contribution in [0.1, 0.15) is 53.4 Å². The van der Waals surface area contributed by atoms with Crippen molar-refractivity contribution in [3.05, 3.63) is 0 Å². The fraction of sp³-hybridized carbons (Fsp3) is 1.00. The molecule has 0 spiro atoms. The van der Waals surface area contributed by atoms with E-state index in [1.807, 2.05) is 13.8 Å². The molecule has 2 unspecified atom stereocenters. The molecule has 1 N–H and O–H groups in total. The smallest absolute Gasteiger partial charge is 0.0718 e. The fourth-order valence-electron chi connectivity index (χ4n) is 2.79. The van der Waals surface area contributed by atoms with Crippen molar-refractivity contribution in [3.8, 4) is 0 Å². The number of β-amino-alcohol motifs (C(OH)–C–C–N with tert-alkyl or cyclic N) is 1. The molecule has 0 radical (unpaired) electrons. The summed E-state index contributed by atoms with van der Waals surface area (Å²) in [4.78, 5) is 2.50. The predicted octanol–water partition coefficient (Wildman–Crippen LogP) is 2.66. The van der Waals surface area contributed by atoms with Crippen LogP contribution in [0.4, 0.5) is 0 Å². The van der Waals surface area contributed by atoms with Gasteiger partial charge in [-0.05, 0) is 45.6 Å². The molecule has 2 atom stereocenters. The highest BCUT2D eigenvalue weighted by molar-refractivity contribution is 4.85. The Morgan fingerprint density at radius 3 is 2.60 bits per heavy atom. The molecule has 0 bridgehead atoms. The van der Waals surface area contributed by atoms with Gasteiger partial charge in [-0.3, -0.25) is 4.90 Å². The monoisotopic (exact) mass is 213 g/mol. The van der Waals surface area contributed by atoms with E-state index in [9.17, 15) is 5.11 Å². The van der Waals surface area contributed by atoms with Crippen LogP contribution in [0.2, 0.25) is 0 Å². The van der Waals surface area contributed by atoms with Crippen molar-refractivity contribution < 1.29 is 5.11 Å². The lowest BCUT2D eigenvalue weighted by Crippen LogP contribution is -2.49. The molecule has 2 nitrogen and oxygen atoms in total. The van der Waals surface area contributed by atoms with Crippen LogP contribution >= 0.6 is 0 Å². The summed E-state index contributed by atoms with van der Waals surface area (Å²) in [6.07, 6.45) is 5.17. The summed E-state index contributed by atoms with van der Waals surface area (Å²) in [5.41, 5.74) is -0.553. The molecular formula is C13H27NO. The molecule has 0 aromatic rings. The first-order valence-electron chi connectivity index (χ1n) is 6.40. The van der Waals surface area contributed by atoms with Crippen LogP contribution in [-0.2, 0) is 0 Å². The Morgan fingerprint density at radius 1 is 1.40 bits per heavy atom. The molecule has 1 heterocycles. The minimum Gasteiger partial charge on any atom is -0.389 e. The highest BCUT2D eigenvalue weighted by Gasteiger charge is 2.30. The summed E-state index contributed by atoms with van der Waals surface area (Å²) < 4.78 is 0. The van der Waals surface area contributed by atoms with Crippen molar-refractivity contribution in [2.75, 3.05) is 13.1 Å². The van der Waals surface area contributed by atoms with E-state index in [1.54, 1.807) is 0 Å². The van der Waals surface area contributed by atoms with Gasteiger partial charge >= 0.3 is 0 Å². The van der Waals surface area contributed by atoms with Crippen LogP contribution in [0, 0.1) is 5.92 Å². The van der Waals surface area contributed by atoms with Gasteiger partial charge in [-0.15, -0.1) is 0 Å². The van der Waals surface area contributed by atoms with Crippen LogP contribution in [0.3, 0.4) is 0 Å². The molecule has 15 heavy (non-hydrogen) atoms. The predicted molar refractivity (Wildman–Crippen MR) is 65.0 cm³/mol. The van der Waals surface area contributed by atoms with Crippen molar-refractivity contribution in [1.29, 1.82) is 0 Å². The molecule has 0 aliphatic carbocycles. The zero-order valence-corrected chi connectivity index (χ0v) is 10.8. The summed E-state index contributed by atoms with van der Waals surface area (Å²) in [5.74, 6) is 0.793. The number of aliphatic hydroxyl groups is 1. The number of piperidine rings is 1. The van der Waals surface area contributed by atoms with Crippen LogP contribution in [0.15, 0.2) is 0 Å². The molecule has 0 aromatic heterocycles. The molecule has 1 aliphatic rings. The molecule has 0 amide bonds. The van der Waals surface area contributed by atoms with Gasteiger partial charge in [-0.2, -0.15) is 0 Å². The van der Waals surface area contributed by atoms with Crippen LogP contribution in [-0.4, -0.2) is 34.7 Å². The second-order valence-corrected chi connectivity index (χ2v) is 5.76. The lowest BCUT2D eigenvalue weighted by Gasteiger charge is -2.42. The SMILES string of the molecule is CCCC1C(C)CCCN1CC(C)(C)O. The molecular weight excluding hydrogens is 186 g/mol. The Balaban J connectivity index is 2.58. The summed E-state index contributed by atoms with van der Waals surface area (Å²) >= 11 is 0. The van der Waals surface area contributed by atoms with Gasteiger partial charge in [0.2, 0.25) is 0 Å². The Hall–Kier alpha value is -0.0800. The van der Waals surface area contributed by atoms with Gasteiger partial charge < -0.3 is 5.11 Å². The van der Waals surface area contributed by atoms with E-state index in [1.165, 1.54) is 32.2 Å². The van der Waals surface area contributed by atoms with Crippen LogP contribution < -0.4 is 0 Å².